The molecular formula is C15H18N2OS. The first-order valence-electron chi connectivity index (χ1n) is 6.44. The SMILES string of the molecule is CCN(CCc1ccncc1)C(=O)c1sccc1C. The summed E-state index contributed by atoms with van der Waals surface area (Å²) < 4.78 is 0. The largest absolute Gasteiger partial charge is 0.338 e. The zero-order valence-corrected chi connectivity index (χ0v) is 12.1. The molecular weight excluding hydrogens is 256 g/mol. The lowest BCUT2D eigenvalue weighted by atomic mass is 10.2. The Morgan fingerprint density at radius 3 is 2.63 bits per heavy atom. The van der Waals surface area contributed by atoms with Gasteiger partial charge in [0.15, 0.2) is 0 Å². The van der Waals surface area contributed by atoms with Gasteiger partial charge in [0, 0.05) is 25.5 Å². The van der Waals surface area contributed by atoms with E-state index in [0.29, 0.717) is 0 Å². The van der Waals surface area contributed by atoms with Crippen LogP contribution in [0.15, 0.2) is 36.0 Å². The number of likely N-dealkylation sites (N-methyl/N-ethyl adjacent to an activating group) is 1. The summed E-state index contributed by atoms with van der Waals surface area (Å²) in [5.74, 6) is 0.143. The molecule has 1 amide bonds. The zero-order chi connectivity index (χ0) is 13.7. The minimum Gasteiger partial charge on any atom is -0.338 e. The summed E-state index contributed by atoms with van der Waals surface area (Å²) in [7, 11) is 0. The number of rotatable bonds is 5. The van der Waals surface area contributed by atoms with E-state index in [9.17, 15) is 4.79 Å². The average Bonchev–Trinajstić information content (AvgIpc) is 2.86. The Morgan fingerprint density at radius 1 is 1.32 bits per heavy atom. The Kier molecular flexibility index (Phi) is 4.68. The van der Waals surface area contributed by atoms with Crippen molar-refractivity contribution in [2.75, 3.05) is 13.1 Å². The van der Waals surface area contributed by atoms with Gasteiger partial charge in [0.1, 0.15) is 0 Å². The van der Waals surface area contributed by atoms with Gasteiger partial charge >= 0.3 is 0 Å². The maximum absolute atomic E-state index is 12.4. The lowest BCUT2D eigenvalue weighted by molar-refractivity contribution is 0.0770. The van der Waals surface area contributed by atoms with Gasteiger partial charge < -0.3 is 4.90 Å². The molecule has 0 saturated heterocycles. The van der Waals surface area contributed by atoms with Crippen molar-refractivity contribution in [1.29, 1.82) is 0 Å². The van der Waals surface area contributed by atoms with Crippen molar-refractivity contribution in [3.63, 3.8) is 0 Å². The smallest absolute Gasteiger partial charge is 0.264 e. The topological polar surface area (TPSA) is 33.2 Å². The molecule has 0 spiro atoms. The Hall–Kier alpha value is -1.68. The number of nitrogens with zero attached hydrogens (tertiary/aromatic N) is 2. The Morgan fingerprint density at radius 2 is 2.05 bits per heavy atom. The van der Waals surface area contributed by atoms with Gasteiger partial charge in [-0.3, -0.25) is 9.78 Å². The van der Waals surface area contributed by atoms with E-state index in [2.05, 4.69) is 4.98 Å². The molecule has 2 rings (SSSR count). The molecule has 0 saturated carbocycles. The summed E-state index contributed by atoms with van der Waals surface area (Å²) in [6, 6.07) is 5.98. The number of thiophene rings is 1. The average molecular weight is 274 g/mol. The van der Waals surface area contributed by atoms with Crippen LogP contribution in [0.5, 0.6) is 0 Å². The van der Waals surface area contributed by atoms with Gasteiger partial charge in [0.2, 0.25) is 0 Å². The highest BCUT2D eigenvalue weighted by atomic mass is 32.1. The molecule has 0 N–H and O–H groups in total. The highest BCUT2D eigenvalue weighted by molar-refractivity contribution is 7.12. The first-order valence-corrected chi connectivity index (χ1v) is 7.32. The minimum atomic E-state index is 0.143. The van der Waals surface area contributed by atoms with Gasteiger partial charge in [0.05, 0.1) is 4.88 Å². The third-order valence-electron chi connectivity index (χ3n) is 3.15. The number of aromatic nitrogens is 1. The van der Waals surface area contributed by atoms with Crippen LogP contribution in [0.1, 0.15) is 27.7 Å². The molecule has 4 heteroatoms. The van der Waals surface area contributed by atoms with Crippen molar-refractivity contribution < 1.29 is 4.79 Å². The fourth-order valence-corrected chi connectivity index (χ4v) is 2.84. The van der Waals surface area contributed by atoms with E-state index in [4.69, 9.17) is 0 Å². The molecule has 0 aliphatic carbocycles. The van der Waals surface area contributed by atoms with Gasteiger partial charge in [-0.15, -0.1) is 11.3 Å². The van der Waals surface area contributed by atoms with Crippen LogP contribution in [0.25, 0.3) is 0 Å². The minimum absolute atomic E-state index is 0.143. The van der Waals surface area contributed by atoms with Crippen LogP contribution in [0.3, 0.4) is 0 Å². The summed E-state index contributed by atoms with van der Waals surface area (Å²) in [5.41, 5.74) is 2.28. The third kappa shape index (κ3) is 3.41. The van der Waals surface area contributed by atoms with Crippen LogP contribution in [0, 0.1) is 6.92 Å². The van der Waals surface area contributed by atoms with Crippen LogP contribution in [0.4, 0.5) is 0 Å². The number of pyridine rings is 1. The molecule has 19 heavy (non-hydrogen) atoms. The molecule has 0 aromatic carbocycles. The predicted octanol–water partition coefficient (Wildman–Crippen LogP) is 3.16. The number of hydrogen-bond acceptors (Lipinski definition) is 3. The highest BCUT2D eigenvalue weighted by Crippen LogP contribution is 2.18. The second-order valence-corrected chi connectivity index (χ2v) is 5.34. The first kappa shape index (κ1) is 13.7. The number of hydrogen-bond donors (Lipinski definition) is 0. The van der Waals surface area contributed by atoms with E-state index in [0.717, 1.165) is 30.0 Å². The van der Waals surface area contributed by atoms with Gasteiger partial charge in [-0.1, -0.05) is 0 Å². The van der Waals surface area contributed by atoms with E-state index >= 15 is 0 Å². The number of carbonyl (C=O) groups is 1. The van der Waals surface area contributed by atoms with Crippen LogP contribution in [-0.4, -0.2) is 28.9 Å². The van der Waals surface area contributed by atoms with E-state index in [1.165, 1.54) is 16.9 Å². The molecule has 0 fully saturated rings. The number of amides is 1. The van der Waals surface area contributed by atoms with Crippen molar-refractivity contribution in [3.05, 3.63) is 52.0 Å². The summed E-state index contributed by atoms with van der Waals surface area (Å²) in [6.07, 6.45) is 4.44. The van der Waals surface area contributed by atoms with Crippen LogP contribution >= 0.6 is 11.3 Å². The summed E-state index contributed by atoms with van der Waals surface area (Å²) in [5, 5.41) is 1.97. The predicted molar refractivity (Wildman–Crippen MR) is 78.6 cm³/mol. The second-order valence-electron chi connectivity index (χ2n) is 4.42. The second kappa shape index (κ2) is 6.48. The molecule has 2 aromatic rings. The van der Waals surface area contributed by atoms with Crippen LogP contribution < -0.4 is 0 Å². The standard InChI is InChI=1S/C15H18N2OS/c1-3-17(10-6-13-4-8-16-9-5-13)15(18)14-12(2)7-11-19-14/h4-5,7-9,11H,3,6,10H2,1-2H3. The van der Waals surface area contributed by atoms with Crippen molar-refractivity contribution in [2.45, 2.75) is 20.3 Å². The maximum Gasteiger partial charge on any atom is 0.264 e. The zero-order valence-electron chi connectivity index (χ0n) is 11.3. The quantitative estimate of drug-likeness (QED) is 0.839. The van der Waals surface area contributed by atoms with Crippen molar-refractivity contribution in [3.8, 4) is 0 Å². The van der Waals surface area contributed by atoms with E-state index in [1.54, 1.807) is 12.4 Å². The van der Waals surface area contributed by atoms with Crippen molar-refractivity contribution in [1.82, 2.24) is 9.88 Å². The highest BCUT2D eigenvalue weighted by Gasteiger charge is 2.17. The van der Waals surface area contributed by atoms with E-state index in [-0.39, 0.29) is 5.91 Å². The molecule has 2 aromatic heterocycles. The maximum atomic E-state index is 12.4. The first-order chi connectivity index (χ1) is 9.22. The van der Waals surface area contributed by atoms with Gasteiger partial charge in [0.25, 0.3) is 5.91 Å². The van der Waals surface area contributed by atoms with E-state index in [1.807, 2.05) is 42.3 Å². The molecule has 0 aliphatic rings. The Bertz CT molecular complexity index is 536. The molecule has 0 unspecified atom stereocenters. The fourth-order valence-electron chi connectivity index (χ4n) is 1.95. The van der Waals surface area contributed by atoms with E-state index < -0.39 is 0 Å². The van der Waals surface area contributed by atoms with Crippen LogP contribution in [-0.2, 0) is 6.42 Å². The lowest BCUT2D eigenvalue weighted by Crippen LogP contribution is -2.32. The monoisotopic (exact) mass is 274 g/mol. The molecule has 0 radical (unpaired) electrons. The molecule has 2 heterocycles. The Labute approximate surface area is 117 Å². The van der Waals surface area contributed by atoms with Gasteiger partial charge in [-0.25, -0.2) is 0 Å². The number of aryl methyl sites for hydroxylation is 1. The summed E-state index contributed by atoms with van der Waals surface area (Å²) in [4.78, 5) is 19.2. The molecule has 100 valence electrons. The fraction of sp³-hybridized carbons (Fsp3) is 0.333. The molecule has 0 bridgehead atoms. The van der Waals surface area contributed by atoms with Crippen molar-refractivity contribution in [2.24, 2.45) is 0 Å². The molecule has 3 nitrogen and oxygen atoms in total. The van der Waals surface area contributed by atoms with Gasteiger partial charge in [-0.05, 0) is 55.0 Å². The Balaban J connectivity index is 2.01. The van der Waals surface area contributed by atoms with Crippen LogP contribution in [0.2, 0.25) is 0 Å². The molecule has 0 aliphatic heterocycles. The molecule has 0 atom stereocenters. The third-order valence-corrected chi connectivity index (χ3v) is 4.15. The van der Waals surface area contributed by atoms with Crippen molar-refractivity contribution >= 4 is 17.2 Å². The van der Waals surface area contributed by atoms with Gasteiger partial charge in [-0.2, -0.15) is 0 Å². The summed E-state index contributed by atoms with van der Waals surface area (Å²) >= 11 is 1.52. The summed E-state index contributed by atoms with van der Waals surface area (Å²) in [6.45, 7) is 5.49. The normalized spacial score (nSPS) is 10.4. The lowest BCUT2D eigenvalue weighted by Gasteiger charge is -2.20. The number of carbonyl (C=O) groups excluding carboxylic acids is 1.